The summed E-state index contributed by atoms with van der Waals surface area (Å²) < 4.78 is 29.7. The van der Waals surface area contributed by atoms with Crippen molar-refractivity contribution in [3.8, 4) is 11.5 Å². The molecule has 2 N–H and O–H groups in total. The zero-order chi connectivity index (χ0) is 38.4. The molecule has 2 aliphatic rings. The first kappa shape index (κ1) is 39.9. The van der Waals surface area contributed by atoms with E-state index in [0.717, 1.165) is 30.5 Å². The van der Waals surface area contributed by atoms with Crippen molar-refractivity contribution in [1.82, 2.24) is 5.32 Å². The van der Waals surface area contributed by atoms with Crippen LogP contribution >= 0.6 is 0 Å². The number of anilines is 1. The molecular formula is C43H58N2O7Si. The largest absolute Gasteiger partial charge is 0.493 e. The SMILES string of the molecule is COC(=O)C[C@@]1(/C=C\CNC(=O)OC(C)(C)C)CC[C@H]2[C@H](CCO[Si](c3ccccc3)(c3ccccc3)C(C)(C)C)c3cc(OC)c(OC)cc3N[C@@H]21. The number of alkyl carbamates (subject to hydrolysis) is 1. The highest BCUT2D eigenvalue weighted by molar-refractivity contribution is 6.99. The molecule has 3 aromatic carbocycles. The predicted molar refractivity (Wildman–Crippen MR) is 213 cm³/mol. The number of fused-ring (bicyclic) bond motifs is 2. The Hall–Kier alpha value is -4.28. The fourth-order valence-corrected chi connectivity index (χ4v) is 13.2. The van der Waals surface area contributed by atoms with Crippen molar-refractivity contribution in [1.29, 1.82) is 0 Å². The van der Waals surface area contributed by atoms with Gasteiger partial charge in [-0.25, -0.2) is 4.79 Å². The molecule has 0 aromatic heterocycles. The van der Waals surface area contributed by atoms with E-state index in [9.17, 15) is 9.59 Å². The van der Waals surface area contributed by atoms with Crippen LogP contribution in [-0.2, 0) is 18.7 Å². The second-order valence-electron chi connectivity index (χ2n) is 16.3. The molecule has 9 nitrogen and oxygen atoms in total. The number of carbonyl (C=O) groups is 2. The lowest BCUT2D eigenvalue weighted by molar-refractivity contribution is -0.142. The topological polar surface area (TPSA) is 104 Å². The van der Waals surface area contributed by atoms with E-state index in [4.69, 9.17) is 23.4 Å². The third-order valence-electron chi connectivity index (χ3n) is 10.9. The van der Waals surface area contributed by atoms with Crippen molar-refractivity contribution in [3.05, 3.63) is 90.5 Å². The van der Waals surface area contributed by atoms with Gasteiger partial charge in [-0.05, 0) is 78.9 Å². The average Bonchev–Trinajstić information content (AvgIpc) is 3.47. The number of carbonyl (C=O) groups excluding carboxylic acids is 2. The maximum atomic E-state index is 13.1. The lowest BCUT2D eigenvalue weighted by Crippen LogP contribution is -2.66. The highest BCUT2D eigenvalue weighted by Gasteiger charge is 2.54. The van der Waals surface area contributed by atoms with Crippen LogP contribution in [0.4, 0.5) is 10.5 Å². The summed E-state index contributed by atoms with van der Waals surface area (Å²) in [6.07, 6.45) is 6.17. The summed E-state index contributed by atoms with van der Waals surface area (Å²) in [5, 5.41) is 9.03. The molecular weight excluding hydrogens is 685 g/mol. The highest BCUT2D eigenvalue weighted by Crippen LogP contribution is 2.57. The van der Waals surface area contributed by atoms with Gasteiger partial charge in [-0.2, -0.15) is 0 Å². The molecule has 0 unspecified atom stereocenters. The Kier molecular flexibility index (Phi) is 12.3. The Morgan fingerprint density at radius 3 is 2.06 bits per heavy atom. The number of amides is 1. The molecule has 5 rings (SSSR count). The van der Waals surface area contributed by atoms with Gasteiger partial charge in [-0.1, -0.05) is 93.6 Å². The molecule has 0 radical (unpaired) electrons. The average molecular weight is 743 g/mol. The van der Waals surface area contributed by atoms with Crippen molar-refractivity contribution >= 4 is 36.4 Å². The minimum absolute atomic E-state index is 0.0946. The Morgan fingerprint density at radius 2 is 1.51 bits per heavy atom. The molecule has 1 fully saturated rings. The Morgan fingerprint density at radius 1 is 0.906 bits per heavy atom. The van der Waals surface area contributed by atoms with Gasteiger partial charge in [-0.15, -0.1) is 0 Å². The first-order valence-electron chi connectivity index (χ1n) is 18.7. The molecule has 3 aromatic rings. The summed E-state index contributed by atoms with van der Waals surface area (Å²) in [4.78, 5) is 25.5. The van der Waals surface area contributed by atoms with E-state index in [1.807, 2.05) is 32.9 Å². The van der Waals surface area contributed by atoms with Crippen molar-refractivity contribution in [2.75, 3.05) is 39.8 Å². The minimum Gasteiger partial charge on any atom is -0.493 e. The van der Waals surface area contributed by atoms with Gasteiger partial charge >= 0.3 is 12.1 Å². The quantitative estimate of drug-likeness (QED) is 0.105. The van der Waals surface area contributed by atoms with Crippen LogP contribution in [-0.4, -0.2) is 66.5 Å². The van der Waals surface area contributed by atoms with Crippen LogP contribution in [0.25, 0.3) is 0 Å². The first-order chi connectivity index (χ1) is 25.2. The molecule has 0 saturated heterocycles. The second-order valence-corrected chi connectivity index (χ2v) is 20.6. The van der Waals surface area contributed by atoms with Crippen LogP contribution in [0, 0.1) is 11.3 Å². The van der Waals surface area contributed by atoms with Gasteiger partial charge in [0.1, 0.15) is 5.60 Å². The minimum atomic E-state index is -2.77. The van der Waals surface area contributed by atoms with E-state index in [1.165, 1.54) is 17.5 Å². The van der Waals surface area contributed by atoms with Gasteiger partial charge in [-0.3, -0.25) is 4.79 Å². The van der Waals surface area contributed by atoms with Crippen LogP contribution in [0.3, 0.4) is 0 Å². The standard InChI is InChI=1S/C43H58N2O7Si/c1-41(2,3)52-40(47)44-25-16-23-43(29-38(46)50-9)24-21-33-32(34-27-36(48-7)37(49-8)28-35(34)45-39(33)43)22-26-51-53(42(4,5)6,30-17-12-10-13-18-30)31-19-14-11-15-20-31/h10-20,23,27-28,32-33,39,45H,21-22,24-26,29H2,1-9H3,(H,44,47)/b23-16-/t32-,33-,39-,43+/m0/s1. The maximum absolute atomic E-state index is 13.1. The van der Waals surface area contributed by atoms with Crippen molar-refractivity contribution in [2.24, 2.45) is 11.3 Å². The zero-order valence-corrected chi connectivity index (χ0v) is 33.9. The molecule has 53 heavy (non-hydrogen) atoms. The summed E-state index contributed by atoms with van der Waals surface area (Å²) in [7, 11) is 1.97. The monoisotopic (exact) mass is 742 g/mol. The number of hydrogen-bond donors (Lipinski definition) is 2. The first-order valence-corrected chi connectivity index (χ1v) is 20.6. The highest BCUT2D eigenvalue weighted by atomic mass is 28.4. The molecule has 1 saturated carbocycles. The molecule has 1 amide bonds. The van der Waals surface area contributed by atoms with Gasteiger partial charge in [0, 0.05) is 36.4 Å². The summed E-state index contributed by atoms with van der Waals surface area (Å²) in [6.45, 7) is 13.2. The summed E-state index contributed by atoms with van der Waals surface area (Å²) in [5.74, 6) is 1.31. The van der Waals surface area contributed by atoms with Crippen LogP contribution in [0.2, 0.25) is 5.04 Å². The number of nitrogens with one attached hydrogen (secondary N) is 2. The molecule has 0 bridgehead atoms. The molecule has 1 aliphatic heterocycles. The van der Waals surface area contributed by atoms with Gasteiger partial charge in [0.05, 0.1) is 27.8 Å². The van der Waals surface area contributed by atoms with E-state index in [0.29, 0.717) is 18.1 Å². The van der Waals surface area contributed by atoms with Crippen LogP contribution in [0.5, 0.6) is 11.5 Å². The number of ether oxygens (including phenoxy) is 4. The Balaban J connectivity index is 1.52. The van der Waals surface area contributed by atoms with Gasteiger partial charge in [0.15, 0.2) is 11.5 Å². The maximum Gasteiger partial charge on any atom is 0.407 e. The molecule has 10 heteroatoms. The molecule has 4 atom stereocenters. The van der Waals surface area contributed by atoms with E-state index >= 15 is 0 Å². The van der Waals surface area contributed by atoms with E-state index in [-0.39, 0.29) is 41.9 Å². The van der Waals surface area contributed by atoms with Crippen LogP contribution in [0.15, 0.2) is 84.9 Å². The Bertz CT molecular complexity index is 1700. The number of esters is 1. The summed E-state index contributed by atoms with van der Waals surface area (Å²) in [6, 6.07) is 25.5. The number of benzene rings is 3. The van der Waals surface area contributed by atoms with Crippen molar-refractivity contribution in [2.45, 2.75) is 89.8 Å². The molecule has 286 valence electrons. The molecule has 0 spiro atoms. The van der Waals surface area contributed by atoms with Gasteiger partial charge in [0.2, 0.25) is 0 Å². The lowest BCUT2D eigenvalue weighted by Gasteiger charge is -2.45. The fourth-order valence-electron chi connectivity index (χ4n) is 8.60. The summed E-state index contributed by atoms with van der Waals surface area (Å²) >= 11 is 0. The van der Waals surface area contributed by atoms with Gasteiger partial charge in [0.25, 0.3) is 8.32 Å². The van der Waals surface area contributed by atoms with Crippen molar-refractivity contribution in [3.63, 3.8) is 0 Å². The third-order valence-corrected chi connectivity index (χ3v) is 15.9. The number of hydrogen-bond acceptors (Lipinski definition) is 8. The molecule has 1 aliphatic carbocycles. The van der Waals surface area contributed by atoms with Crippen molar-refractivity contribution < 1.29 is 33.0 Å². The fraction of sp³-hybridized carbons (Fsp3) is 0.488. The van der Waals surface area contributed by atoms with E-state index < -0.39 is 25.4 Å². The van der Waals surface area contributed by atoms with Crippen LogP contribution < -0.4 is 30.5 Å². The normalized spacial score (nSPS) is 21.3. The van der Waals surface area contributed by atoms with Gasteiger partial charge < -0.3 is 34.0 Å². The Labute approximate surface area is 316 Å². The van der Waals surface area contributed by atoms with Crippen LogP contribution in [0.1, 0.15) is 78.7 Å². The summed E-state index contributed by atoms with van der Waals surface area (Å²) in [5.41, 5.74) is 0.947. The van der Waals surface area contributed by atoms with E-state index in [1.54, 1.807) is 14.2 Å². The number of rotatable bonds is 13. The smallest absolute Gasteiger partial charge is 0.407 e. The molecule has 1 heterocycles. The zero-order valence-electron chi connectivity index (χ0n) is 32.9. The number of methoxy groups -OCH3 is 3. The predicted octanol–water partition coefficient (Wildman–Crippen LogP) is 7.59. The lowest BCUT2D eigenvalue weighted by atomic mass is 9.70. The third kappa shape index (κ3) is 8.60. The second kappa shape index (κ2) is 16.4. The van der Waals surface area contributed by atoms with E-state index in [2.05, 4.69) is 104 Å².